The van der Waals surface area contributed by atoms with Crippen LogP contribution in [-0.4, -0.2) is 24.3 Å². The highest BCUT2D eigenvalue weighted by Crippen LogP contribution is 2.35. The number of benzene rings is 2. The summed E-state index contributed by atoms with van der Waals surface area (Å²) in [5.74, 6) is 0.826. The number of ether oxygens (including phenoxy) is 1. The van der Waals surface area contributed by atoms with Gasteiger partial charge in [-0.05, 0) is 24.4 Å². The minimum Gasteiger partial charge on any atom is -0.504 e. The first-order chi connectivity index (χ1) is 8.34. The van der Waals surface area contributed by atoms with E-state index in [2.05, 4.69) is 5.32 Å². The van der Waals surface area contributed by atoms with Crippen LogP contribution in [0.3, 0.4) is 0 Å². The molecule has 2 N–H and O–H groups in total. The van der Waals surface area contributed by atoms with Crippen molar-refractivity contribution >= 4 is 10.8 Å². The van der Waals surface area contributed by atoms with Crippen molar-refractivity contribution < 1.29 is 9.84 Å². The first-order valence-corrected chi connectivity index (χ1v) is 5.93. The van der Waals surface area contributed by atoms with E-state index in [0.29, 0.717) is 5.75 Å². The predicted molar refractivity (Wildman–Crippen MR) is 67.5 cm³/mol. The van der Waals surface area contributed by atoms with E-state index in [4.69, 9.17) is 4.74 Å². The summed E-state index contributed by atoms with van der Waals surface area (Å²) in [7, 11) is 0. The lowest BCUT2D eigenvalue weighted by Gasteiger charge is -2.15. The molecule has 1 heterocycles. The number of nitrogens with one attached hydrogen (secondary N) is 1. The molecule has 0 aliphatic carbocycles. The zero-order chi connectivity index (χ0) is 11.7. The predicted octanol–water partition coefficient (Wildman–Crippen LogP) is 2.29. The smallest absolute Gasteiger partial charge is 0.169 e. The first-order valence-electron chi connectivity index (χ1n) is 5.93. The van der Waals surface area contributed by atoms with Crippen LogP contribution in [0.5, 0.6) is 11.5 Å². The van der Waals surface area contributed by atoms with Gasteiger partial charge in [0.2, 0.25) is 0 Å². The van der Waals surface area contributed by atoms with Crippen LogP contribution >= 0.6 is 0 Å². The van der Waals surface area contributed by atoms with E-state index in [0.717, 1.165) is 30.3 Å². The summed E-state index contributed by atoms with van der Waals surface area (Å²) in [6.45, 7) is 1.83. The van der Waals surface area contributed by atoms with Gasteiger partial charge in [-0.2, -0.15) is 0 Å². The minimum absolute atomic E-state index is 0.159. The summed E-state index contributed by atoms with van der Waals surface area (Å²) < 4.78 is 5.91. The van der Waals surface area contributed by atoms with Gasteiger partial charge in [-0.25, -0.2) is 0 Å². The molecule has 1 aliphatic heterocycles. The average Bonchev–Trinajstić information content (AvgIpc) is 2.86. The standard InChI is InChI=1S/C14H15NO2/c16-13-6-5-10-3-1-2-4-12(10)14(13)17-11-7-8-15-9-11/h1-6,11,15-16H,7-9H2. The molecule has 1 atom stereocenters. The van der Waals surface area contributed by atoms with Crippen molar-refractivity contribution in [2.75, 3.05) is 13.1 Å². The van der Waals surface area contributed by atoms with Crippen LogP contribution < -0.4 is 10.1 Å². The van der Waals surface area contributed by atoms with Crippen LogP contribution in [0.4, 0.5) is 0 Å². The number of hydrogen-bond acceptors (Lipinski definition) is 3. The Morgan fingerprint density at radius 3 is 2.88 bits per heavy atom. The lowest BCUT2D eigenvalue weighted by Crippen LogP contribution is -2.19. The molecule has 0 saturated carbocycles. The monoisotopic (exact) mass is 229 g/mol. The zero-order valence-electron chi connectivity index (χ0n) is 9.52. The van der Waals surface area contributed by atoms with Crippen molar-refractivity contribution in [1.29, 1.82) is 0 Å². The molecule has 88 valence electrons. The van der Waals surface area contributed by atoms with Crippen LogP contribution in [0.25, 0.3) is 10.8 Å². The van der Waals surface area contributed by atoms with Crippen molar-refractivity contribution in [1.82, 2.24) is 5.32 Å². The lowest BCUT2D eigenvalue weighted by atomic mass is 10.1. The fourth-order valence-electron chi connectivity index (χ4n) is 2.25. The van der Waals surface area contributed by atoms with Gasteiger partial charge in [-0.15, -0.1) is 0 Å². The third-order valence-electron chi connectivity index (χ3n) is 3.16. The second-order valence-electron chi connectivity index (χ2n) is 4.37. The van der Waals surface area contributed by atoms with Gasteiger partial charge >= 0.3 is 0 Å². The molecule has 0 spiro atoms. The molecule has 3 heteroatoms. The number of fused-ring (bicyclic) bond motifs is 1. The molecular formula is C14H15NO2. The molecule has 2 aromatic rings. The highest BCUT2D eigenvalue weighted by molar-refractivity contribution is 5.90. The van der Waals surface area contributed by atoms with Gasteiger partial charge in [-0.3, -0.25) is 0 Å². The molecule has 1 aliphatic rings. The van der Waals surface area contributed by atoms with Crippen LogP contribution in [0.1, 0.15) is 6.42 Å². The largest absolute Gasteiger partial charge is 0.504 e. The van der Waals surface area contributed by atoms with Gasteiger partial charge in [0.15, 0.2) is 11.5 Å². The van der Waals surface area contributed by atoms with E-state index < -0.39 is 0 Å². The summed E-state index contributed by atoms with van der Waals surface area (Å²) in [6, 6.07) is 11.5. The Kier molecular flexibility index (Phi) is 2.61. The second-order valence-corrected chi connectivity index (χ2v) is 4.37. The number of rotatable bonds is 2. The Morgan fingerprint density at radius 1 is 1.18 bits per heavy atom. The topological polar surface area (TPSA) is 41.5 Å². The zero-order valence-corrected chi connectivity index (χ0v) is 9.52. The summed E-state index contributed by atoms with van der Waals surface area (Å²) in [5, 5.41) is 15.2. The Labute approximate surface area is 100 Å². The third kappa shape index (κ3) is 1.94. The van der Waals surface area contributed by atoms with Gasteiger partial charge in [0.25, 0.3) is 0 Å². The molecule has 1 fully saturated rings. The molecule has 0 aromatic heterocycles. The molecule has 2 aromatic carbocycles. The third-order valence-corrected chi connectivity index (χ3v) is 3.16. The Bertz CT molecular complexity index is 533. The van der Waals surface area contributed by atoms with Crippen molar-refractivity contribution in [3.63, 3.8) is 0 Å². The van der Waals surface area contributed by atoms with Gasteiger partial charge in [-0.1, -0.05) is 30.3 Å². The van der Waals surface area contributed by atoms with Crippen molar-refractivity contribution in [3.8, 4) is 11.5 Å². The summed E-state index contributed by atoms with van der Waals surface area (Å²) in [6.07, 6.45) is 1.15. The number of phenols is 1. The Morgan fingerprint density at radius 2 is 2.06 bits per heavy atom. The highest BCUT2D eigenvalue weighted by atomic mass is 16.5. The summed E-state index contributed by atoms with van der Waals surface area (Å²) in [5.41, 5.74) is 0. The van der Waals surface area contributed by atoms with Gasteiger partial charge in [0.1, 0.15) is 6.10 Å². The summed E-state index contributed by atoms with van der Waals surface area (Å²) in [4.78, 5) is 0. The molecule has 0 bridgehead atoms. The minimum atomic E-state index is 0.159. The maximum Gasteiger partial charge on any atom is 0.169 e. The lowest BCUT2D eigenvalue weighted by molar-refractivity contribution is 0.217. The second kappa shape index (κ2) is 4.26. The van der Waals surface area contributed by atoms with E-state index in [-0.39, 0.29) is 11.9 Å². The normalized spacial score (nSPS) is 19.6. The molecule has 1 saturated heterocycles. The van der Waals surface area contributed by atoms with E-state index in [1.54, 1.807) is 6.07 Å². The number of hydrogen-bond donors (Lipinski definition) is 2. The fourth-order valence-corrected chi connectivity index (χ4v) is 2.25. The molecule has 1 unspecified atom stereocenters. The first kappa shape index (κ1) is 10.4. The maximum absolute atomic E-state index is 9.92. The van der Waals surface area contributed by atoms with Gasteiger partial charge in [0.05, 0.1) is 0 Å². The van der Waals surface area contributed by atoms with Gasteiger partial charge < -0.3 is 15.2 Å². The van der Waals surface area contributed by atoms with Crippen LogP contribution in [0, 0.1) is 0 Å². The number of phenolic OH excluding ortho intramolecular Hbond substituents is 1. The SMILES string of the molecule is Oc1ccc2ccccc2c1OC1CCNC1. The van der Waals surface area contributed by atoms with Crippen LogP contribution in [0.2, 0.25) is 0 Å². The summed E-state index contributed by atoms with van der Waals surface area (Å²) >= 11 is 0. The Hall–Kier alpha value is -1.74. The van der Waals surface area contributed by atoms with Crippen molar-refractivity contribution in [2.45, 2.75) is 12.5 Å². The number of aromatic hydroxyl groups is 1. The van der Waals surface area contributed by atoms with E-state index in [1.165, 1.54) is 0 Å². The highest BCUT2D eigenvalue weighted by Gasteiger charge is 2.18. The molecule has 0 amide bonds. The average molecular weight is 229 g/mol. The van der Waals surface area contributed by atoms with Crippen molar-refractivity contribution in [2.24, 2.45) is 0 Å². The fraction of sp³-hybridized carbons (Fsp3) is 0.286. The van der Waals surface area contributed by atoms with Crippen molar-refractivity contribution in [3.05, 3.63) is 36.4 Å². The van der Waals surface area contributed by atoms with E-state index in [1.807, 2.05) is 30.3 Å². The van der Waals surface area contributed by atoms with E-state index >= 15 is 0 Å². The molecule has 3 rings (SSSR count). The molecule has 0 radical (unpaired) electrons. The van der Waals surface area contributed by atoms with E-state index in [9.17, 15) is 5.11 Å². The molecule has 3 nitrogen and oxygen atoms in total. The quantitative estimate of drug-likeness (QED) is 0.830. The van der Waals surface area contributed by atoms with Crippen LogP contribution in [-0.2, 0) is 0 Å². The van der Waals surface area contributed by atoms with Crippen LogP contribution in [0.15, 0.2) is 36.4 Å². The van der Waals surface area contributed by atoms with Gasteiger partial charge in [0, 0.05) is 11.9 Å². The maximum atomic E-state index is 9.92. The Balaban J connectivity index is 2.03. The molecule has 17 heavy (non-hydrogen) atoms. The molecular weight excluding hydrogens is 214 g/mol.